The van der Waals surface area contributed by atoms with Gasteiger partial charge in [0, 0.05) is 6.61 Å². The van der Waals surface area contributed by atoms with Crippen LogP contribution in [0, 0.1) is 17.2 Å². The van der Waals surface area contributed by atoms with Crippen molar-refractivity contribution in [3.63, 3.8) is 0 Å². The molecule has 0 aromatic heterocycles. The van der Waals surface area contributed by atoms with Crippen molar-refractivity contribution >= 4 is 0 Å². The van der Waals surface area contributed by atoms with E-state index < -0.39 is 0 Å². The second-order valence-electron chi connectivity index (χ2n) is 5.48. The lowest BCUT2D eigenvalue weighted by molar-refractivity contribution is 0.0851. The van der Waals surface area contributed by atoms with Gasteiger partial charge in [-0.1, -0.05) is 24.6 Å². The number of ether oxygens (including phenoxy) is 2. The van der Waals surface area contributed by atoms with Crippen LogP contribution in [0.1, 0.15) is 25.7 Å². The topological polar surface area (TPSA) is 54.3 Å². The molecule has 0 spiro atoms. The van der Waals surface area contributed by atoms with E-state index in [1.165, 1.54) is 0 Å². The van der Waals surface area contributed by atoms with Gasteiger partial charge in [-0.15, -0.1) is 0 Å². The van der Waals surface area contributed by atoms with E-state index in [2.05, 4.69) is 11.4 Å². The maximum atomic E-state index is 9.38. The predicted octanol–water partition coefficient (Wildman–Crippen LogP) is 2.75. The Balaban J connectivity index is 1.61. The third kappa shape index (κ3) is 4.20. The fourth-order valence-electron chi connectivity index (χ4n) is 3.06. The van der Waals surface area contributed by atoms with E-state index in [-0.39, 0.29) is 5.54 Å². The van der Waals surface area contributed by atoms with Crippen LogP contribution in [-0.4, -0.2) is 32.4 Å². The molecule has 1 aliphatic carbocycles. The summed E-state index contributed by atoms with van der Waals surface area (Å²) in [4.78, 5) is 0. The van der Waals surface area contributed by atoms with Gasteiger partial charge in [-0.2, -0.15) is 5.26 Å². The van der Waals surface area contributed by atoms with Crippen molar-refractivity contribution in [1.29, 1.82) is 5.26 Å². The number of rotatable bonds is 8. The minimum Gasteiger partial charge on any atom is -0.491 e. The number of nitriles is 1. The maximum Gasteiger partial charge on any atom is 0.119 e. The molecule has 0 amide bonds. The minimum atomic E-state index is -0.343. The number of nitrogens with zero attached hydrogens (tertiary/aromatic N) is 1. The van der Waals surface area contributed by atoms with Crippen molar-refractivity contribution in [2.75, 3.05) is 26.9 Å². The molecule has 2 atom stereocenters. The zero-order valence-corrected chi connectivity index (χ0v) is 12.7. The summed E-state index contributed by atoms with van der Waals surface area (Å²) in [6, 6.07) is 12.2. The van der Waals surface area contributed by atoms with Crippen LogP contribution < -0.4 is 10.1 Å². The van der Waals surface area contributed by atoms with Gasteiger partial charge in [0.05, 0.1) is 12.7 Å². The molecule has 0 heterocycles. The van der Waals surface area contributed by atoms with Crippen molar-refractivity contribution in [2.24, 2.45) is 5.92 Å². The third-order valence-electron chi connectivity index (χ3n) is 4.32. The van der Waals surface area contributed by atoms with Crippen LogP contribution in [0.2, 0.25) is 0 Å². The summed E-state index contributed by atoms with van der Waals surface area (Å²) in [5.74, 6) is 1.26. The molecule has 1 N–H and O–H groups in total. The molecule has 2 rings (SSSR count). The minimum absolute atomic E-state index is 0.343. The van der Waals surface area contributed by atoms with Gasteiger partial charge in [0.1, 0.15) is 17.9 Å². The Kier molecular flexibility index (Phi) is 6.04. The number of para-hydroxylation sites is 1. The van der Waals surface area contributed by atoms with E-state index in [9.17, 15) is 5.26 Å². The number of nitrogens with one attached hydrogen (secondary N) is 1. The molecule has 4 nitrogen and oxygen atoms in total. The maximum absolute atomic E-state index is 9.38. The Morgan fingerprint density at radius 2 is 2.10 bits per heavy atom. The predicted molar refractivity (Wildman–Crippen MR) is 82.1 cm³/mol. The van der Waals surface area contributed by atoms with Crippen LogP contribution in [0.4, 0.5) is 0 Å². The van der Waals surface area contributed by atoms with Crippen molar-refractivity contribution in [3.8, 4) is 11.8 Å². The van der Waals surface area contributed by atoms with E-state index in [0.29, 0.717) is 25.7 Å². The number of benzene rings is 1. The average molecular weight is 288 g/mol. The van der Waals surface area contributed by atoms with Gasteiger partial charge in [-0.25, -0.2) is 0 Å². The van der Waals surface area contributed by atoms with Gasteiger partial charge in [0.25, 0.3) is 0 Å². The Hall–Kier alpha value is -1.57. The van der Waals surface area contributed by atoms with E-state index in [0.717, 1.165) is 31.4 Å². The fraction of sp³-hybridized carbons (Fsp3) is 0.588. The highest BCUT2D eigenvalue weighted by Crippen LogP contribution is 2.37. The molecular weight excluding hydrogens is 264 g/mol. The molecule has 114 valence electrons. The van der Waals surface area contributed by atoms with Gasteiger partial charge in [-0.05, 0) is 44.4 Å². The summed E-state index contributed by atoms with van der Waals surface area (Å²) in [5.41, 5.74) is -0.343. The largest absolute Gasteiger partial charge is 0.491 e. The molecule has 21 heavy (non-hydrogen) atoms. The molecule has 1 aromatic rings. The van der Waals surface area contributed by atoms with Crippen LogP contribution in [0.3, 0.4) is 0 Å². The monoisotopic (exact) mass is 288 g/mol. The summed E-state index contributed by atoms with van der Waals surface area (Å²) >= 11 is 0. The summed E-state index contributed by atoms with van der Waals surface area (Å²) in [7, 11) is 1.89. The summed E-state index contributed by atoms with van der Waals surface area (Å²) in [5, 5.41) is 12.6. The molecule has 0 radical (unpaired) electrons. The molecule has 1 aromatic carbocycles. The number of hydrogen-bond acceptors (Lipinski definition) is 4. The number of hydrogen-bond donors (Lipinski definition) is 1. The first-order valence-corrected chi connectivity index (χ1v) is 7.66. The van der Waals surface area contributed by atoms with E-state index >= 15 is 0 Å². The average Bonchev–Trinajstić information content (AvgIpc) is 2.95. The molecular formula is C17H24N2O2. The van der Waals surface area contributed by atoms with Crippen LogP contribution in [0.15, 0.2) is 30.3 Å². The van der Waals surface area contributed by atoms with Crippen molar-refractivity contribution in [3.05, 3.63) is 30.3 Å². The van der Waals surface area contributed by atoms with Crippen LogP contribution >= 0.6 is 0 Å². The van der Waals surface area contributed by atoms with Gasteiger partial charge in [-0.3, -0.25) is 0 Å². The molecule has 1 fully saturated rings. The molecule has 2 unspecified atom stereocenters. The Bertz CT molecular complexity index is 458. The van der Waals surface area contributed by atoms with Gasteiger partial charge < -0.3 is 14.8 Å². The summed E-state index contributed by atoms with van der Waals surface area (Å²) in [6.07, 6.45) is 4.11. The Labute approximate surface area is 127 Å². The Morgan fingerprint density at radius 3 is 2.81 bits per heavy atom. The smallest absolute Gasteiger partial charge is 0.119 e. The lowest BCUT2D eigenvalue weighted by Crippen LogP contribution is -2.45. The first-order valence-electron chi connectivity index (χ1n) is 7.66. The molecule has 0 aliphatic heterocycles. The Morgan fingerprint density at radius 1 is 1.29 bits per heavy atom. The molecule has 0 saturated heterocycles. The van der Waals surface area contributed by atoms with Crippen molar-refractivity contribution in [1.82, 2.24) is 5.32 Å². The van der Waals surface area contributed by atoms with Crippen molar-refractivity contribution in [2.45, 2.75) is 31.2 Å². The molecule has 4 heteroatoms. The zero-order chi connectivity index (χ0) is 15.0. The van der Waals surface area contributed by atoms with Crippen LogP contribution in [0.25, 0.3) is 0 Å². The second kappa shape index (κ2) is 8.02. The summed E-state index contributed by atoms with van der Waals surface area (Å²) in [6.45, 7) is 1.83. The first kappa shape index (κ1) is 15.8. The molecule has 0 bridgehead atoms. The van der Waals surface area contributed by atoms with Crippen molar-refractivity contribution < 1.29 is 9.47 Å². The highest BCUT2D eigenvalue weighted by molar-refractivity contribution is 5.20. The van der Waals surface area contributed by atoms with E-state index in [1.54, 1.807) is 0 Å². The van der Waals surface area contributed by atoms with E-state index in [4.69, 9.17) is 9.47 Å². The molecule has 1 saturated carbocycles. The van der Waals surface area contributed by atoms with Gasteiger partial charge >= 0.3 is 0 Å². The van der Waals surface area contributed by atoms with Gasteiger partial charge in [0.2, 0.25) is 0 Å². The lowest BCUT2D eigenvalue weighted by atomic mass is 9.86. The highest BCUT2D eigenvalue weighted by Gasteiger charge is 2.41. The lowest BCUT2D eigenvalue weighted by Gasteiger charge is -2.28. The van der Waals surface area contributed by atoms with Crippen LogP contribution in [-0.2, 0) is 4.74 Å². The normalized spacial score (nSPS) is 24.7. The first-order chi connectivity index (χ1) is 10.3. The van der Waals surface area contributed by atoms with Gasteiger partial charge in [0.15, 0.2) is 0 Å². The second-order valence-corrected chi connectivity index (χ2v) is 5.48. The molecule has 1 aliphatic rings. The SMILES string of the molecule is CNC1(C#N)CCCC1CCOCCOc1ccccc1. The standard InChI is InChI=1S/C17H24N2O2/c1-19-17(14-18)10-5-6-15(17)9-11-20-12-13-21-16-7-3-2-4-8-16/h2-4,7-8,15,19H,5-6,9-13H2,1H3. The summed E-state index contributed by atoms with van der Waals surface area (Å²) < 4.78 is 11.2. The zero-order valence-electron chi connectivity index (χ0n) is 12.7. The quantitative estimate of drug-likeness (QED) is 0.747. The van der Waals surface area contributed by atoms with E-state index in [1.807, 2.05) is 37.4 Å². The van der Waals surface area contributed by atoms with Crippen LogP contribution in [0.5, 0.6) is 5.75 Å². The highest BCUT2D eigenvalue weighted by atomic mass is 16.5. The fourth-order valence-corrected chi connectivity index (χ4v) is 3.06. The third-order valence-corrected chi connectivity index (χ3v) is 4.32.